The maximum Gasteiger partial charge on any atom is 0.266 e. The summed E-state index contributed by atoms with van der Waals surface area (Å²) in [6, 6.07) is 11.3. The van der Waals surface area contributed by atoms with Crippen LogP contribution in [0, 0.1) is 12.7 Å². The molecular weight excluding hydrogens is 291 g/mol. The van der Waals surface area contributed by atoms with Crippen LogP contribution >= 0.6 is 11.6 Å². The highest BCUT2D eigenvalue weighted by atomic mass is 35.5. The molecule has 0 spiro atoms. The quantitative estimate of drug-likeness (QED) is 0.679. The molecule has 0 amide bonds. The van der Waals surface area contributed by atoms with Gasteiger partial charge < -0.3 is 0 Å². The lowest BCUT2D eigenvalue weighted by atomic mass is 10.1. The molecule has 0 saturated heterocycles. The molecule has 0 aliphatic carbocycles. The van der Waals surface area contributed by atoms with Crippen molar-refractivity contribution in [1.29, 1.82) is 0 Å². The number of pyridine rings is 1. The predicted octanol–water partition coefficient (Wildman–Crippen LogP) is 3.55. The Balaban J connectivity index is 2.44. The van der Waals surface area contributed by atoms with Crippen LogP contribution in [0.3, 0.4) is 0 Å². The molecule has 0 N–H and O–H groups in total. The molecular formula is C16H12ClFN2O. The van der Waals surface area contributed by atoms with E-state index in [2.05, 4.69) is 4.98 Å². The van der Waals surface area contributed by atoms with Crippen molar-refractivity contribution in [3.63, 3.8) is 0 Å². The number of rotatable bonds is 2. The first kappa shape index (κ1) is 13.8. The Morgan fingerprint density at radius 3 is 2.71 bits per heavy atom. The lowest BCUT2D eigenvalue weighted by Crippen LogP contribution is -2.21. The minimum Gasteiger partial charge on any atom is -0.268 e. The van der Waals surface area contributed by atoms with Crippen LogP contribution in [-0.2, 0) is 5.88 Å². The summed E-state index contributed by atoms with van der Waals surface area (Å²) in [6.45, 7) is 1.83. The highest BCUT2D eigenvalue weighted by Crippen LogP contribution is 2.22. The van der Waals surface area contributed by atoms with Crippen molar-refractivity contribution in [2.45, 2.75) is 12.8 Å². The summed E-state index contributed by atoms with van der Waals surface area (Å²) in [7, 11) is 0. The molecule has 3 nitrogen and oxygen atoms in total. The molecule has 0 fully saturated rings. The summed E-state index contributed by atoms with van der Waals surface area (Å²) in [5, 5.41) is 0. The third-order valence-corrected chi connectivity index (χ3v) is 3.61. The first-order valence-corrected chi connectivity index (χ1v) is 6.98. The number of fused-ring (bicyclic) bond motifs is 1. The maximum atomic E-state index is 13.5. The predicted molar refractivity (Wildman–Crippen MR) is 81.2 cm³/mol. The SMILES string of the molecule is Cc1cccc2nc(CCl)c(-c3cccc(F)c3)c(=O)n12. The van der Waals surface area contributed by atoms with Crippen molar-refractivity contribution in [3.05, 3.63) is 70.0 Å². The Morgan fingerprint density at radius 2 is 2.00 bits per heavy atom. The Bertz CT molecular complexity index is 889. The van der Waals surface area contributed by atoms with Crippen LogP contribution in [0.25, 0.3) is 16.8 Å². The smallest absolute Gasteiger partial charge is 0.266 e. The van der Waals surface area contributed by atoms with Crippen molar-refractivity contribution < 1.29 is 4.39 Å². The summed E-state index contributed by atoms with van der Waals surface area (Å²) in [5.41, 5.74) is 2.36. The van der Waals surface area contributed by atoms with Gasteiger partial charge in [-0.05, 0) is 36.8 Å². The fourth-order valence-corrected chi connectivity index (χ4v) is 2.61. The van der Waals surface area contributed by atoms with Crippen molar-refractivity contribution in [2.24, 2.45) is 0 Å². The van der Waals surface area contributed by atoms with Crippen LogP contribution < -0.4 is 5.56 Å². The molecule has 3 aromatic rings. The van der Waals surface area contributed by atoms with Crippen molar-refractivity contribution in [1.82, 2.24) is 9.38 Å². The first-order valence-electron chi connectivity index (χ1n) is 6.45. The molecule has 2 aromatic heterocycles. The Labute approximate surface area is 125 Å². The van der Waals surface area contributed by atoms with Gasteiger partial charge in [0.1, 0.15) is 11.5 Å². The van der Waals surface area contributed by atoms with E-state index in [0.717, 1.165) is 5.69 Å². The summed E-state index contributed by atoms with van der Waals surface area (Å²) < 4.78 is 15.0. The van der Waals surface area contributed by atoms with Gasteiger partial charge in [0, 0.05) is 5.69 Å². The molecule has 21 heavy (non-hydrogen) atoms. The van der Waals surface area contributed by atoms with Crippen LogP contribution in [0.15, 0.2) is 47.3 Å². The largest absolute Gasteiger partial charge is 0.268 e. The molecule has 5 heteroatoms. The number of aromatic nitrogens is 2. The number of aryl methyl sites for hydroxylation is 1. The van der Waals surface area contributed by atoms with Crippen molar-refractivity contribution in [2.75, 3.05) is 0 Å². The van der Waals surface area contributed by atoms with E-state index in [1.807, 2.05) is 19.1 Å². The molecule has 0 radical (unpaired) electrons. The van der Waals surface area contributed by atoms with Crippen molar-refractivity contribution >= 4 is 17.2 Å². The number of hydrogen-bond donors (Lipinski definition) is 0. The molecule has 106 valence electrons. The molecule has 2 heterocycles. The van der Waals surface area contributed by atoms with Gasteiger partial charge in [0.15, 0.2) is 0 Å². The standard InChI is InChI=1S/C16H12ClFN2O/c1-10-4-2-7-14-19-13(9-17)15(16(21)20(10)14)11-5-3-6-12(18)8-11/h2-8H,9H2,1H3. The molecule has 1 aromatic carbocycles. The van der Waals surface area contributed by atoms with Crippen LogP contribution in [0.2, 0.25) is 0 Å². The molecule has 0 atom stereocenters. The van der Waals surface area contributed by atoms with Gasteiger partial charge in [0.25, 0.3) is 5.56 Å². The minimum absolute atomic E-state index is 0.0888. The number of halogens is 2. The molecule has 0 bridgehead atoms. The van der Waals surface area contributed by atoms with E-state index in [1.54, 1.807) is 18.2 Å². The zero-order valence-corrected chi connectivity index (χ0v) is 12.1. The molecule has 0 saturated carbocycles. The van der Waals surface area contributed by atoms with E-state index in [9.17, 15) is 9.18 Å². The van der Waals surface area contributed by atoms with E-state index in [1.165, 1.54) is 16.5 Å². The third-order valence-electron chi connectivity index (χ3n) is 3.36. The van der Waals surface area contributed by atoms with Gasteiger partial charge in [0.2, 0.25) is 0 Å². The summed E-state index contributed by atoms with van der Waals surface area (Å²) in [6.07, 6.45) is 0. The average Bonchev–Trinajstić information content (AvgIpc) is 2.46. The third kappa shape index (κ3) is 2.32. The van der Waals surface area contributed by atoms with Crippen LogP contribution in [-0.4, -0.2) is 9.38 Å². The number of nitrogens with zero attached hydrogens (tertiary/aromatic N) is 2. The highest BCUT2D eigenvalue weighted by Gasteiger charge is 2.15. The van der Waals surface area contributed by atoms with Crippen LogP contribution in [0.5, 0.6) is 0 Å². The van der Waals surface area contributed by atoms with E-state index in [-0.39, 0.29) is 11.4 Å². The van der Waals surface area contributed by atoms with Crippen LogP contribution in [0.1, 0.15) is 11.4 Å². The zero-order chi connectivity index (χ0) is 15.0. The fourth-order valence-electron chi connectivity index (χ4n) is 2.41. The molecule has 0 aliphatic rings. The average molecular weight is 303 g/mol. The van der Waals surface area contributed by atoms with Crippen molar-refractivity contribution in [3.8, 4) is 11.1 Å². The fraction of sp³-hybridized carbons (Fsp3) is 0.125. The topological polar surface area (TPSA) is 34.4 Å². The number of hydrogen-bond acceptors (Lipinski definition) is 2. The molecule has 0 unspecified atom stereocenters. The van der Waals surface area contributed by atoms with Gasteiger partial charge in [-0.25, -0.2) is 9.37 Å². The van der Waals surface area contributed by atoms with Gasteiger partial charge in [-0.1, -0.05) is 18.2 Å². The second kappa shape index (κ2) is 5.30. The Hall–Kier alpha value is -2.20. The molecule has 3 rings (SSSR count). The molecule has 0 aliphatic heterocycles. The van der Waals surface area contributed by atoms with Gasteiger partial charge >= 0.3 is 0 Å². The number of benzene rings is 1. The zero-order valence-electron chi connectivity index (χ0n) is 11.3. The van der Waals surface area contributed by atoms with E-state index >= 15 is 0 Å². The lowest BCUT2D eigenvalue weighted by molar-refractivity contribution is 0.628. The first-order chi connectivity index (χ1) is 10.1. The van der Waals surface area contributed by atoms with Gasteiger partial charge in [-0.15, -0.1) is 11.6 Å². The second-order valence-corrected chi connectivity index (χ2v) is 5.01. The monoisotopic (exact) mass is 302 g/mol. The maximum absolute atomic E-state index is 13.5. The van der Waals surface area contributed by atoms with Gasteiger partial charge in [0.05, 0.1) is 17.1 Å². The normalized spacial score (nSPS) is 11.0. The van der Waals surface area contributed by atoms with E-state index in [4.69, 9.17) is 11.6 Å². The van der Waals surface area contributed by atoms with E-state index in [0.29, 0.717) is 22.5 Å². The second-order valence-electron chi connectivity index (χ2n) is 4.74. The number of alkyl halides is 1. The Kier molecular flexibility index (Phi) is 3.47. The summed E-state index contributed by atoms with van der Waals surface area (Å²) in [5.74, 6) is -0.312. The summed E-state index contributed by atoms with van der Waals surface area (Å²) in [4.78, 5) is 17.2. The lowest BCUT2D eigenvalue weighted by Gasteiger charge is -2.11. The van der Waals surface area contributed by atoms with Gasteiger partial charge in [-0.3, -0.25) is 9.20 Å². The van der Waals surface area contributed by atoms with Gasteiger partial charge in [-0.2, -0.15) is 0 Å². The van der Waals surface area contributed by atoms with Crippen LogP contribution in [0.4, 0.5) is 4.39 Å². The summed E-state index contributed by atoms with van der Waals surface area (Å²) >= 11 is 5.93. The highest BCUT2D eigenvalue weighted by molar-refractivity contribution is 6.17. The van der Waals surface area contributed by atoms with E-state index < -0.39 is 5.82 Å². The Morgan fingerprint density at radius 1 is 1.24 bits per heavy atom. The minimum atomic E-state index is -0.401.